The van der Waals surface area contributed by atoms with Crippen LogP contribution in [0.1, 0.15) is 60.4 Å². The van der Waals surface area contributed by atoms with Gasteiger partial charge in [0.2, 0.25) is 5.69 Å². The Bertz CT molecular complexity index is 7680. The average Bonchev–Trinajstić information content (AvgIpc) is 1.53. The fourth-order valence-electron chi connectivity index (χ4n) is 11.0. The molecular formula is C74H42N6O. The maximum absolute atomic E-state index is 13.3. The van der Waals surface area contributed by atoms with E-state index in [-0.39, 0.29) is 0 Å². The number of rotatable bonds is 6. The van der Waals surface area contributed by atoms with Gasteiger partial charge in [0.1, 0.15) is 17.2 Å². The Morgan fingerprint density at radius 3 is 1.40 bits per heavy atom. The minimum Gasteiger partial charge on any atom is -0.456 e. The van der Waals surface area contributed by atoms with E-state index in [1.54, 1.807) is 0 Å². The lowest BCUT2D eigenvalue weighted by Gasteiger charge is -2.27. The second-order valence-corrected chi connectivity index (χ2v) is 17.9. The molecule has 7 nitrogen and oxygen atoms in total. The van der Waals surface area contributed by atoms with E-state index in [0.717, 1.165) is 12.1 Å². The second-order valence-electron chi connectivity index (χ2n) is 17.9. The fourth-order valence-corrected chi connectivity index (χ4v) is 11.0. The molecule has 0 unspecified atom stereocenters. The highest BCUT2D eigenvalue weighted by Gasteiger charge is 2.35. The van der Waals surface area contributed by atoms with E-state index in [9.17, 15) is 57.1 Å². The number of hydrogen-bond acceptors (Lipinski definition) is 2. The standard InChI is InChI=1S/C74H42N6O/c1-76-69-71(77-58-34-14-7-26-48(58)49-27-8-15-35-59(49)77)57(44-75)72(78-60-36-16-9-28-50(60)51-29-10-17-37-61(51)78)74(73(69)79-62-38-18-11-30-52(62)53-31-12-19-39-63(53)79)80-64-40-21-33-54(47-25-6-5-24-46(47)45-22-3-2-4-23-45)67(64)56-42-43-66-68(70(56)80)55-32-13-20-41-65(55)81-66/h2-43H/i2D,3D,4D,5D,6D,7D,8D,9D,10D,11D,12D,13D,14D,15D,16D,17D,18D,19D,20D,21D,22D,25D,26D,27D,28D,29D,30D,31D,32D,33D,34D,35D,36D,37D,38D,39D,40D,41D,42D,43D. The molecule has 81 heavy (non-hydrogen) atoms. The quantitative estimate of drug-likeness (QED) is 0.156. The minimum absolute atomic E-state index is 0.522. The van der Waals surface area contributed by atoms with Crippen molar-refractivity contribution < 1.29 is 59.2 Å². The number of fused-ring (bicyclic) bond motifs is 16. The first-order chi connectivity index (χ1) is 56.8. The summed E-state index contributed by atoms with van der Waals surface area (Å²) in [7, 11) is 0. The van der Waals surface area contributed by atoms with Crippen molar-refractivity contribution in [2.45, 2.75) is 0 Å². The van der Waals surface area contributed by atoms with Crippen molar-refractivity contribution in [1.82, 2.24) is 18.3 Å². The number of nitrogens with zero attached hydrogens (tertiary/aromatic N) is 6. The highest BCUT2D eigenvalue weighted by Crippen LogP contribution is 2.54. The van der Waals surface area contributed by atoms with Gasteiger partial charge in [-0.2, -0.15) is 5.26 Å². The van der Waals surface area contributed by atoms with E-state index < -0.39 is 407 Å². The predicted octanol–water partition coefficient (Wildman–Crippen LogP) is 19.7. The molecule has 0 aliphatic heterocycles. The average molecular weight is 1070 g/mol. The van der Waals surface area contributed by atoms with Crippen molar-refractivity contribution in [1.29, 1.82) is 5.26 Å². The van der Waals surface area contributed by atoms with Gasteiger partial charge >= 0.3 is 0 Å². The summed E-state index contributed by atoms with van der Waals surface area (Å²) in [4.78, 5) is 4.08. The van der Waals surface area contributed by atoms with Gasteiger partial charge in [0.25, 0.3) is 0 Å². The van der Waals surface area contributed by atoms with E-state index in [4.69, 9.17) is 14.0 Å². The highest BCUT2D eigenvalue weighted by atomic mass is 16.3. The molecule has 17 aromatic rings. The van der Waals surface area contributed by atoms with Gasteiger partial charge in [0.15, 0.2) is 0 Å². The molecule has 0 bridgehead atoms. The number of para-hydroxylation sites is 7. The van der Waals surface area contributed by atoms with Gasteiger partial charge in [-0.15, -0.1) is 0 Å². The molecule has 12 aromatic carbocycles. The van der Waals surface area contributed by atoms with Crippen LogP contribution < -0.4 is 0 Å². The van der Waals surface area contributed by atoms with Crippen molar-refractivity contribution in [2.24, 2.45) is 0 Å². The van der Waals surface area contributed by atoms with Gasteiger partial charge in [-0.05, 0) is 82.7 Å². The number of benzene rings is 12. The van der Waals surface area contributed by atoms with Crippen LogP contribution in [-0.4, -0.2) is 18.3 Å². The van der Waals surface area contributed by atoms with E-state index in [0.29, 0.717) is 18.3 Å². The minimum atomic E-state index is -1.42. The molecule has 0 amide bonds. The van der Waals surface area contributed by atoms with E-state index in [2.05, 4.69) is 4.85 Å². The summed E-state index contributed by atoms with van der Waals surface area (Å²) in [5.74, 6) is 0. The Labute approximate surface area is 519 Å². The van der Waals surface area contributed by atoms with E-state index >= 15 is 0 Å². The summed E-state index contributed by atoms with van der Waals surface area (Å²) in [6.07, 6.45) is 0. The molecule has 0 spiro atoms. The maximum Gasteiger partial charge on any atom is 0.237 e. The van der Waals surface area contributed by atoms with Crippen LogP contribution in [0.4, 0.5) is 5.69 Å². The molecule has 0 saturated heterocycles. The van der Waals surface area contributed by atoms with Gasteiger partial charge in [0.05, 0.1) is 139 Å². The third-order valence-electron chi connectivity index (χ3n) is 14.1. The molecule has 0 radical (unpaired) electrons. The first kappa shape index (κ1) is 20.8. The number of furan rings is 1. The Balaban J connectivity index is 1.37. The Morgan fingerprint density at radius 1 is 0.358 bits per heavy atom. The zero-order valence-corrected chi connectivity index (χ0v) is 40.2. The van der Waals surface area contributed by atoms with Gasteiger partial charge in [0, 0.05) is 48.5 Å². The first-order valence-corrected chi connectivity index (χ1v) is 23.9. The van der Waals surface area contributed by atoms with Crippen molar-refractivity contribution in [2.75, 3.05) is 0 Å². The third-order valence-corrected chi connectivity index (χ3v) is 14.1. The molecule has 0 saturated carbocycles. The molecule has 0 aliphatic carbocycles. The molecule has 0 aliphatic rings. The van der Waals surface area contributed by atoms with Gasteiger partial charge < -0.3 is 22.7 Å². The third kappa shape index (κ3) is 6.09. The van der Waals surface area contributed by atoms with Crippen molar-refractivity contribution >= 4 is 115 Å². The topological polar surface area (TPSA) is 61.0 Å². The number of nitriles is 1. The smallest absolute Gasteiger partial charge is 0.237 e. The molecule has 0 atom stereocenters. The summed E-state index contributed by atoms with van der Waals surface area (Å²) in [6.45, 7) is 10.1. The Morgan fingerprint density at radius 2 is 0.827 bits per heavy atom. The number of hydrogen-bond donors (Lipinski definition) is 0. The Hall–Kier alpha value is -11.4. The first-order valence-electron chi connectivity index (χ1n) is 43.9. The lowest BCUT2D eigenvalue weighted by atomic mass is 9.92. The van der Waals surface area contributed by atoms with Crippen LogP contribution in [0.25, 0.3) is 159 Å². The van der Waals surface area contributed by atoms with Crippen molar-refractivity contribution in [3.05, 3.63) is 271 Å². The SMILES string of the molecule is [2H]c1cc(-c2cc([2H])c([2H])c([2H])c2-c2c([2H])c([2H])c([2H])c3c2c2c([2H])c([2H])c4oc5c([2H])c([2H])c([2H])c([2H])c5c4c2n3-c2c(-n3c4c([2H])c([2H])c([2H])c([2H])c4c4c([2H])c([2H])c([2H])c([2H])c43)c(C#N)c(-n3c4c([2H])c([2H])c([2H])c([2H])c4c4c([2H])c([2H])c([2H])c([2H])c43)c([N+]#[C-])c2-n2c3c([2H])c([2H])c([2H])c([2H])c3c3c([2H])c([2H])c([2H])c([2H])c32)c([2H])c([2H])c1[2H]. The van der Waals surface area contributed by atoms with Gasteiger partial charge in [-0.1, -0.05) is 193 Å². The summed E-state index contributed by atoms with van der Waals surface area (Å²) >= 11 is 0. The molecule has 5 aromatic heterocycles. The van der Waals surface area contributed by atoms with Crippen molar-refractivity contribution in [3.8, 4) is 51.1 Å². The molecule has 0 fully saturated rings. The maximum atomic E-state index is 13.3. The van der Waals surface area contributed by atoms with Crippen LogP contribution in [-0.2, 0) is 0 Å². The van der Waals surface area contributed by atoms with Crippen LogP contribution in [0.15, 0.2) is 258 Å². The highest BCUT2D eigenvalue weighted by molar-refractivity contribution is 6.28. The predicted molar refractivity (Wildman–Crippen MR) is 333 cm³/mol. The summed E-state index contributed by atoms with van der Waals surface area (Å²) in [6, 6.07) is -42.0. The largest absolute Gasteiger partial charge is 0.456 e. The van der Waals surface area contributed by atoms with E-state index in [1.807, 2.05) is 6.07 Å². The molecule has 0 N–H and O–H groups in total. The van der Waals surface area contributed by atoms with Crippen molar-refractivity contribution in [3.63, 3.8) is 0 Å². The molecular weight excluding hydrogens is 989 g/mol. The zero-order valence-electron chi connectivity index (χ0n) is 80.2. The summed E-state index contributed by atoms with van der Waals surface area (Å²) in [5, 5.41) is 4.35. The number of aromatic nitrogens is 4. The molecule has 17 rings (SSSR count). The van der Waals surface area contributed by atoms with Gasteiger partial charge in [-0.25, -0.2) is 4.85 Å². The van der Waals surface area contributed by atoms with Crippen LogP contribution >= 0.6 is 0 Å². The van der Waals surface area contributed by atoms with Crippen LogP contribution in [0, 0.1) is 17.9 Å². The normalized spacial score (nSPS) is 18.8. The monoisotopic (exact) mass is 1070 g/mol. The summed E-state index contributed by atoms with van der Waals surface area (Å²) in [5.41, 5.74) is -21.7. The lowest BCUT2D eigenvalue weighted by molar-refractivity contribution is 0.669. The van der Waals surface area contributed by atoms with Gasteiger partial charge in [-0.3, -0.25) is 0 Å². The summed E-state index contributed by atoms with van der Waals surface area (Å²) < 4.78 is 394. The molecule has 5 heterocycles. The Kier molecular flexibility index (Phi) is 4.38. The van der Waals surface area contributed by atoms with Crippen LogP contribution in [0.2, 0.25) is 0 Å². The molecule has 7 heteroatoms. The zero-order chi connectivity index (χ0) is 88.3. The lowest BCUT2D eigenvalue weighted by Crippen LogP contribution is -2.14. The van der Waals surface area contributed by atoms with E-state index in [1.165, 1.54) is 0 Å². The fraction of sp³-hybridized carbons (Fsp3) is 0. The van der Waals surface area contributed by atoms with Crippen LogP contribution in [0.5, 0.6) is 0 Å². The van der Waals surface area contributed by atoms with Crippen LogP contribution in [0.3, 0.4) is 0 Å². The second kappa shape index (κ2) is 17.1. The molecule has 374 valence electrons.